The van der Waals surface area contributed by atoms with E-state index in [2.05, 4.69) is 163 Å². The molecule has 2 aliphatic carbocycles. The Kier molecular flexibility index (Phi) is 11.2. The van der Waals surface area contributed by atoms with E-state index in [-0.39, 0.29) is 0 Å². The second-order valence-electron chi connectivity index (χ2n) is 15.1. The van der Waals surface area contributed by atoms with E-state index < -0.39 is 15.8 Å². The third-order valence-corrected chi connectivity index (χ3v) is 18.1. The van der Waals surface area contributed by atoms with Gasteiger partial charge in [-0.3, -0.25) is 0 Å². The third-order valence-electron chi connectivity index (χ3n) is 11.7. The molecule has 0 amide bonds. The molecule has 2 saturated carbocycles. The van der Waals surface area contributed by atoms with Gasteiger partial charge in [0.05, 0.1) is 0 Å². The van der Waals surface area contributed by atoms with Crippen molar-refractivity contribution in [1.82, 2.24) is 0 Å². The lowest BCUT2D eigenvalue weighted by molar-refractivity contribution is 0.0201. The van der Waals surface area contributed by atoms with E-state index in [1.807, 2.05) is 0 Å². The maximum atomic E-state index is 2.64. The lowest BCUT2D eigenvalue weighted by atomic mass is 9.56. The standard InChI is InChI=1S/C44H56P2/c1-31(2)39-29-27-33(5)43(45(35-19-11-7-12-20-35)36-21-13-8-14-22-36)41(39)42-40(32(3)4)30-28-34(6)44(42)46(37-23-15-9-16-24-37)38-25-17-10-18-26-38/h7-26,31-34,39-44H,27-30H2,1-6H3/t33-,34-,39+,40+,41?,42?,43?,44?/m1/s1. The molecule has 0 nitrogen and oxygen atoms in total. The molecule has 0 aromatic heterocycles. The Labute approximate surface area is 283 Å². The summed E-state index contributed by atoms with van der Waals surface area (Å²) in [6.07, 6.45) is 5.47. The van der Waals surface area contributed by atoms with E-state index in [9.17, 15) is 0 Å². The molecule has 0 saturated heterocycles. The Morgan fingerprint density at radius 3 is 0.913 bits per heavy atom. The first-order valence-corrected chi connectivity index (χ1v) is 21.0. The van der Waals surface area contributed by atoms with Gasteiger partial charge in [-0.2, -0.15) is 0 Å². The summed E-state index contributed by atoms with van der Waals surface area (Å²) in [4.78, 5) is 0. The molecule has 2 heteroatoms. The molecule has 0 aliphatic heterocycles. The summed E-state index contributed by atoms with van der Waals surface area (Å²) in [5.41, 5.74) is 1.34. The third kappa shape index (κ3) is 6.96. The fourth-order valence-electron chi connectivity index (χ4n) is 9.68. The Morgan fingerprint density at radius 1 is 0.413 bits per heavy atom. The van der Waals surface area contributed by atoms with Gasteiger partial charge < -0.3 is 0 Å². The SMILES string of the molecule is CC(C)[C@@H]1CC[C@@H](C)C(P(c2ccccc2)c2ccccc2)C1C1C(P(c2ccccc2)c2ccccc2)[C@H](C)CC[C@H]1C(C)C. The van der Waals surface area contributed by atoms with Crippen molar-refractivity contribution in [1.29, 1.82) is 0 Å². The van der Waals surface area contributed by atoms with E-state index >= 15 is 0 Å². The minimum absolute atomic E-state index is 0.516. The normalized spacial score (nSPS) is 28.7. The van der Waals surface area contributed by atoms with E-state index in [1.165, 1.54) is 25.7 Å². The van der Waals surface area contributed by atoms with Crippen LogP contribution in [0.15, 0.2) is 121 Å². The van der Waals surface area contributed by atoms with Crippen LogP contribution in [0.5, 0.6) is 0 Å². The Morgan fingerprint density at radius 2 is 0.674 bits per heavy atom. The van der Waals surface area contributed by atoms with Crippen molar-refractivity contribution in [2.45, 2.75) is 78.5 Å². The average molecular weight is 647 g/mol. The summed E-state index contributed by atoms with van der Waals surface area (Å²) in [5, 5.41) is 6.30. The first kappa shape index (κ1) is 33.6. The second kappa shape index (κ2) is 15.3. The molecular weight excluding hydrogens is 590 g/mol. The van der Waals surface area contributed by atoms with Crippen molar-refractivity contribution in [3.63, 3.8) is 0 Å². The highest BCUT2D eigenvalue weighted by Crippen LogP contribution is 2.64. The van der Waals surface area contributed by atoms with Gasteiger partial charge in [0.25, 0.3) is 0 Å². The molecular formula is C44H56P2. The van der Waals surface area contributed by atoms with E-state index in [0.29, 0.717) is 46.8 Å². The zero-order valence-electron chi connectivity index (χ0n) is 29.0. The van der Waals surface area contributed by atoms with Crippen LogP contribution < -0.4 is 21.2 Å². The fourth-order valence-corrected chi connectivity index (χ4v) is 16.5. The molecule has 0 radical (unpaired) electrons. The summed E-state index contributed by atoms with van der Waals surface area (Å²) < 4.78 is 0. The Hall–Kier alpha value is -2.26. The highest BCUT2D eigenvalue weighted by molar-refractivity contribution is 7.74. The van der Waals surface area contributed by atoms with Gasteiger partial charge in [-0.15, -0.1) is 0 Å². The van der Waals surface area contributed by atoms with Crippen LogP contribution in [0.3, 0.4) is 0 Å². The van der Waals surface area contributed by atoms with Crippen LogP contribution in [0, 0.1) is 47.3 Å². The van der Waals surface area contributed by atoms with Crippen LogP contribution in [-0.4, -0.2) is 11.3 Å². The number of hydrogen-bond donors (Lipinski definition) is 0. The molecule has 4 unspecified atom stereocenters. The molecule has 2 aliphatic rings. The molecule has 0 heterocycles. The summed E-state index contributed by atoms with van der Waals surface area (Å²) >= 11 is 0. The Balaban J connectivity index is 1.59. The molecule has 4 aromatic carbocycles. The van der Waals surface area contributed by atoms with Crippen molar-refractivity contribution in [3.8, 4) is 0 Å². The number of benzene rings is 4. The van der Waals surface area contributed by atoms with Crippen LogP contribution >= 0.6 is 15.8 Å². The molecule has 0 N–H and O–H groups in total. The fraction of sp³-hybridized carbons (Fsp3) is 0.455. The minimum Gasteiger partial charge on any atom is -0.0625 e. The largest absolute Gasteiger partial charge is 0.0625 e. The maximum Gasteiger partial charge on any atom is -0.00690 e. The molecule has 46 heavy (non-hydrogen) atoms. The summed E-state index contributed by atoms with van der Waals surface area (Å²) in [6.45, 7) is 15.5. The first-order valence-electron chi connectivity index (χ1n) is 18.2. The predicted octanol–water partition coefficient (Wildman–Crippen LogP) is 10.6. The number of hydrogen-bond acceptors (Lipinski definition) is 0. The van der Waals surface area contributed by atoms with Crippen molar-refractivity contribution in [2.24, 2.45) is 47.3 Å². The lowest BCUT2D eigenvalue weighted by Gasteiger charge is -2.58. The lowest BCUT2D eigenvalue weighted by Crippen LogP contribution is -2.54. The van der Waals surface area contributed by atoms with Gasteiger partial charge in [-0.05, 0) is 121 Å². The summed E-state index contributed by atoms with van der Waals surface area (Å²) in [5.74, 6) is 5.69. The van der Waals surface area contributed by atoms with Crippen LogP contribution in [-0.2, 0) is 0 Å². The van der Waals surface area contributed by atoms with Gasteiger partial charge in [0.2, 0.25) is 0 Å². The molecule has 2 fully saturated rings. The van der Waals surface area contributed by atoms with E-state index in [4.69, 9.17) is 0 Å². The quantitative estimate of drug-likeness (QED) is 0.159. The topological polar surface area (TPSA) is 0 Å². The molecule has 0 spiro atoms. The molecule has 6 rings (SSSR count). The zero-order valence-corrected chi connectivity index (χ0v) is 30.8. The maximum absolute atomic E-state index is 2.64. The summed E-state index contributed by atoms with van der Waals surface area (Å²) in [6, 6.07) is 46.9. The van der Waals surface area contributed by atoms with Gasteiger partial charge in [-0.25, -0.2) is 0 Å². The van der Waals surface area contributed by atoms with Gasteiger partial charge in [0.15, 0.2) is 0 Å². The van der Waals surface area contributed by atoms with Crippen molar-refractivity contribution in [2.75, 3.05) is 0 Å². The van der Waals surface area contributed by atoms with Gasteiger partial charge in [0.1, 0.15) is 0 Å². The highest BCUT2D eigenvalue weighted by Gasteiger charge is 2.54. The van der Waals surface area contributed by atoms with Crippen molar-refractivity contribution >= 4 is 37.1 Å². The van der Waals surface area contributed by atoms with Crippen LogP contribution in [0.4, 0.5) is 0 Å². The molecule has 4 aromatic rings. The van der Waals surface area contributed by atoms with Crippen LogP contribution in [0.2, 0.25) is 0 Å². The zero-order chi connectivity index (χ0) is 32.2. The van der Waals surface area contributed by atoms with E-state index in [0.717, 1.165) is 11.8 Å². The molecule has 0 bridgehead atoms. The first-order chi connectivity index (χ1) is 22.4. The van der Waals surface area contributed by atoms with Gasteiger partial charge in [-0.1, -0.05) is 163 Å². The minimum atomic E-state index is -0.516. The van der Waals surface area contributed by atoms with Crippen molar-refractivity contribution in [3.05, 3.63) is 121 Å². The monoisotopic (exact) mass is 646 g/mol. The van der Waals surface area contributed by atoms with Crippen molar-refractivity contribution < 1.29 is 0 Å². The smallest absolute Gasteiger partial charge is 0.00690 e. The summed E-state index contributed by atoms with van der Waals surface area (Å²) in [7, 11) is -1.03. The van der Waals surface area contributed by atoms with Crippen LogP contribution in [0.1, 0.15) is 67.2 Å². The molecule has 242 valence electrons. The molecule has 8 atom stereocenters. The number of rotatable bonds is 9. The van der Waals surface area contributed by atoms with Gasteiger partial charge in [0, 0.05) is 0 Å². The Bertz CT molecular complexity index is 1270. The van der Waals surface area contributed by atoms with E-state index in [1.54, 1.807) is 21.2 Å². The van der Waals surface area contributed by atoms with Crippen LogP contribution in [0.25, 0.3) is 0 Å². The highest BCUT2D eigenvalue weighted by atomic mass is 31.1. The second-order valence-corrected chi connectivity index (χ2v) is 19.9. The van der Waals surface area contributed by atoms with Gasteiger partial charge >= 0.3 is 0 Å². The average Bonchev–Trinajstić information content (AvgIpc) is 3.08. The predicted molar refractivity (Wildman–Crippen MR) is 206 cm³/mol.